The van der Waals surface area contributed by atoms with E-state index in [4.69, 9.17) is 4.74 Å². The SMILES string of the molecule is O=C(N[C@H]1CCC1=O)OCc1ccc(C2CCCCC2)cc1. The summed E-state index contributed by atoms with van der Waals surface area (Å²) in [6.07, 6.45) is 7.37. The fourth-order valence-electron chi connectivity index (χ4n) is 3.21. The van der Waals surface area contributed by atoms with Crippen LogP contribution in [0.5, 0.6) is 0 Å². The van der Waals surface area contributed by atoms with E-state index >= 15 is 0 Å². The van der Waals surface area contributed by atoms with Crippen molar-refractivity contribution in [3.05, 3.63) is 35.4 Å². The number of benzene rings is 1. The standard InChI is InChI=1S/C18H23NO3/c20-17-11-10-16(17)19-18(21)22-12-13-6-8-15(9-7-13)14-4-2-1-3-5-14/h6-9,14,16H,1-5,10-12H2,(H,19,21)/t16-/m0/s1. The molecule has 1 atom stereocenters. The minimum absolute atomic E-state index is 0.0915. The van der Waals surface area contributed by atoms with Crippen LogP contribution >= 0.6 is 0 Å². The van der Waals surface area contributed by atoms with Crippen LogP contribution in [0.4, 0.5) is 4.79 Å². The van der Waals surface area contributed by atoms with Gasteiger partial charge in [0.1, 0.15) is 6.61 Å². The molecule has 118 valence electrons. The molecule has 0 radical (unpaired) electrons. The van der Waals surface area contributed by atoms with Crippen LogP contribution in [0.2, 0.25) is 0 Å². The third-order valence-corrected chi connectivity index (χ3v) is 4.79. The molecule has 0 aliphatic heterocycles. The van der Waals surface area contributed by atoms with Crippen LogP contribution in [0.25, 0.3) is 0 Å². The van der Waals surface area contributed by atoms with Gasteiger partial charge in [-0.2, -0.15) is 0 Å². The maximum atomic E-state index is 11.6. The van der Waals surface area contributed by atoms with Gasteiger partial charge in [-0.25, -0.2) is 4.79 Å². The first-order valence-corrected chi connectivity index (χ1v) is 8.27. The summed E-state index contributed by atoms with van der Waals surface area (Å²) in [6.45, 7) is 0.248. The molecule has 3 rings (SSSR count). The molecule has 0 spiro atoms. The minimum atomic E-state index is -0.505. The van der Waals surface area contributed by atoms with E-state index in [1.165, 1.54) is 37.7 Å². The number of hydrogen-bond acceptors (Lipinski definition) is 3. The molecule has 0 saturated heterocycles. The van der Waals surface area contributed by atoms with E-state index in [2.05, 4.69) is 17.4 Å². The highest BCUT2D eigenvalue weighted by Crippen LogP contribution is 2.32. The Bertz CT molecular complexity index is 532. The Balaban J connectivity index is 1.46. The van der Waals surface area contributed by atoms with Crippen molar-refractivity contribution in [3.8, 4) is 0 Å². The van der Waals surface area contributed by atoms with Gasteiger partial charge < -0.3 is 10.1 Å². The summed E-state index contributed by atoms with van der Waals surface area (Å²) in [6, 6.07) is 8.04. The van der Waals surface area contributed by atoms with Crippen molar-refractivity contribution in [1.82, 2.24) is 5.32 Å². The number of rotatable bonds is 4. The summed E-state index contributed by atoms with van der Waals surface area (Å²) in [5.41, 5.74) is 2.38. The number of carbonyl (C=O) groups excluding carboxylic acids is 2. The van der Waals surface area contributed by atoms with E-state index in [1.807, 2.05) is 12.1 Å². The first-order chi connectivity index (χ1) is 10.7. The second kappa shape index (κ2) is 6.95. The molecule has 0 bridgehead atoms. The lowest BCUT2D eigenvalue weighted by molar-refractivity contribution is -0.126. The molecule has 2 fully saturated rings. The molecule has 4 nitrogen and oxygen atoms in total. The average Bonchev–Trinajstić information content (AvgIpc) is 2.58. The van der Waals surface area contributed by atoms with Gasteiger partial charge in [-0.1, -0.05) is 43.5 Å². The van der Waals surface area contributed by atoms with Gasteiger partial charge in [-0.15, -0.1) is 0 Å². The Hall–Kier alpha value is -1.84. The Morgan fingerprint density at radius 2 is 1.82 bits per heavy atom. The monoisotopic (exact) mass is 301 g/mol. The van der Waals surface area contributed by atoms with Crippen LogP contribution in [0.15, 0.2) is 24.3 Å². The van der Waals surface area contributed by atoms with E-state index in [0.29, 0.717) is 12.3 Å². The summed E-state index contributed by atoms with van der Waals surface area (Å²) in [5, 5.41) is 2.59. The fraction of sp³-hybridized carbons (Fsp3) is 0.556. The molecule has 0 unspecified atom stereocenters. The van der Waals surface area contributed by atoms with E-state index in [1.54, 1.807) is 0 Å². The minimum Gasteiger partial charge on any atom is -0.445 e. The molecule has 2 aliphatic rings. The van der Waals surface area contributed by atoms with E-state index in [0.717, 1.165) is 12.0 Å². The Morgan fingerprint density at radius 1 is 1.09 bits per heavy atom. The summed E-state index contributed by atoms with van der Waals surface area (Å²) in [5.74, 6) is 0.783. The molecule has 4 heteroatoms. The summed E-state index contributed by atoms with van der Waals surface area (Å²) < 4.78 is 5.17. The lowest BCUT2D eigenvalue weighted by atomic mass is 9.84. The molecule has 1 N–H and O–H groups in total. The Labute approximate surface area is 131 Å². The summed E-state index contributed by atoms with van der Waals surface area (Å²) in [4.78, 5) is 22.8. The van der Waals surface area contributed by atoms with Crippen LogP contribution < -0.4 is 5.32 Å². The van der Waals surface area contributed by atoms with Gasteiger partial charge in [0.15, 0.2) is 5.78 Å². The number of carbonyl (C=O) groups is 2. The first-order valence-electron chi connectivity index (χ1n) is 8.27. The van der Waals surface area contributed by atoms with Gasteiger partial charge in [0.25, 0.3) is 0 Å². The van der Waals surface area contributed by atoms with Gasteiger partial charge in [-0.05, 0) is 36.3 Å². The quantitative estimate of drug-likeness (QED) is 0.922. The van der Waals surface area contributed by atoms with Gasteiger partial charge in [0.2, 0.25) is 0 Å². The van der Waals surface area contributed by atoms with Crippen molar-refractivity contribution in [2.75, 3.05) is 0 Å². The molecule has 22 heavy (non-hydrogen) atoms. The highest BCUT2D eigenvalue weighted by molar-refractivity contribution is 5.92. The number of alkyl carbamates (subject to hydrolysis) is 1. The highest BCUT2D eigenvalue weighted by atomic mass is 16.5. The van der Waals surface area contributed by atoms with Crippen molar-refractivity contribution in [3.63, 3.8) is 0 Å². The van der Waals surface area contributed by atoms with Gasteiger partial charge in [0.05, 0.1) is 6.04 Å². The number of ether oxygens (including phenoxy) is 1. The predicted molar refractivity (Wildman–Crippen MR) is 83.6 cm³/mol. The number of amides is 1. The van der Waals surface area contributed by atoms with E-state index in [-0.39, 0.29) is 18.4 Å². The summed E-state index contributed by atoms with van der Waals surface area (Å²) in [7, 11) is 0. The smallest absolute Gasteiger partial charge is 0.408 e. The van der Waals surface area contributed by atoms with Crippen molar-refractivity contribution < 1.29 is 14.3 Å². The lowest BCUT2D eigenvalue weighted by Crippen LogP contribution is -2.47. The van der Waals surface area contributed by atoms with Gasteiger partial charge >= 0.3 is 6.09 Å². The number of hydrogen-bond donors (Lipinski definition) is 1. The zero-order valence-corrected chi connectivity index (χ0v) is 12.8. The Morgan fingerprint density at radius 3 is 2.41 bits per heavy atom. The van der Waals surface area contributed by atoms with E-state index < -0.39 is 6.09 Å². The number of Topliss-reactive ketones (excluding diaryl/α,β-unsaturated/α-hetero) is 1. The van der Waals surface area contributed by atoms with Gasteiger partial charge in [0, 0.05) is 6.42 Å². The topological polar surface area (TPSA) is 55.4 Å². The van der Waals surface area contributed by atoms with Crippen molar-refractivity contribution >= 4 is 11.9 Å². The maximum Gasteiger partial charge on any atom is 0.408 e. The fourth-order valence-corrected chi connectivity index (χ4v) is 3.21. The number of ketones is 1. The average molecular weight is 301 g/mol. The van der Waals surface area contributed by atoms with Crippen LogP contribution in [-0.2, 0) is 16.1 Å². The van der Waals surface area contributed by atoms with Crippen LogP contribution in [-0.4, -0.2) is 17.9 Å². The van der Waals surface area contributed by atoms with Crippen molar-refractivity contribution in [1.29, 1.82) is 0 Å². The predicted octanol–water partition coefficient (Wildman–Crippen LogP) is 3.69. The lowest BCUT2D eigenvalue weighted by Gasteiger charge is -2.24. The molecule has 0 aromatic heterocycles. The third kappa shape index (κ3) is 3.67. The van der Waals surface area contributed by atoms with Crippen LogP contribution in [0.1, 0.15) is 62.0 Å². The molecule has 1 amide bonds. The molecule has 0 heterocycles. The van der Waals surface area contributed by atoms with Crippen LogP contribution in [0, 0.1) is 0 Å². The van der Waals surface area contributed by atoms with Crippen molar-refractivity contribution in [2.45, 2.75) is 63.5 Å². The molecular formula is C18H23NO3. The molecule has 1 aromatic carbocycles. The zero-order chi connectivity index (χ0) is 15.4. The zero-order valence-electron chi connectivity index (χ0n) is 12.8. The molecular weight excluding hydrogens is 278 g/mol. The second-order valence-corrected chi connectivity index (χ2v) is 6.35. The molecule has 2 saturated carbocycles. The highest BCUT2D eigenvalue weighted by Gasteiger charge is 2.29. The van der Waals surface area contributed by atoms with Gasteiger partial charge in [-0.3, -0.25) is 4.79 Å². The van der Waals surface area contributed by atoms with E-state index in [9.17, 15) is 9.59 Å². The first kappa shape index (κ1) is 15.1. The molecule has 1 aromatic rings. The maximum absolute atomic E-state index is 11.6. The second-order valence-electron chi connectivity index (χ2n) is 6.35. The van der Waals surface area contributed by atoms with Crippen molar-refractivity contribution in [2.24, 2.45) is 0 Å². The number of nitrogens with one attached hydrogen (secondary N) is 1. The normalized spacial score (nSPS) is 22.0. The molecule has 2 aliphatic carbocycles. The summed E-state index contributed by atoms with van der Waals surface area (Å²) >= 11 is 0. The largest absolute Gasteiger partial charge is 0.445 e. The third-order valence-electron chi connectivity index (χ3n) is 4.79. The van der Waals surface area contributed by atoms with Crippen LogP contribution in [0.3, 0.4) is 0 Å². The Kier molecular flexibility index (Phi) is 4.76.